The summed E-state index contributed by atoms with van der Waals surface area (Å²) in [5, 5.41) is 0. The van der Waals surface area contributed by atoms with Crippen LogP contribution in [0, 0.1) is 0 Å². The van der Waals surface area contributed by atoms with Crippen molar-refractivity contribution >= 4 is 5.91 Å². The summed E-state index contributed by atoms with van der Waals surface area (Å²) < 4.78 is 0. The second-order valence-corrected chi connectivity index (χ2v) is 7.19. The van der Waals surface area contributed by atoms with E-state index in [2.05, 4.69) is 71.3 Å². The third kappa shape index (κ3) is 3.09. The lowest BCUT2D eigenvalue weighted by atomic mass is 9.80. The van der Waals surface area contributed by atoms with Gasteiger partial charge in [-0.25, -0.2) is 0 Å². The van der Waals surface area contributed by atoms with Crippen LogP contribution in [-0.4, -0.2) is 41.9 Å². The van der Waals surface area contributed by atoms with Gasteiger partial charge in [0.25, 0.3) is 0 Å². The van der Waals surface area contributed by atoms with Crippen molar-refractivity contribution in [3.8, 4) is 0 Å². The minimum absolute atomic E-state index is 0.310. The van der Waals surface area contributed by atoms with Crippen LogP contribution < -0.4 is 0 Å². The van der Waals surface area contributed by atoms with Gasteiger partial charge in [-0.05, 0) is 23.1 Å². The van der Waals surface area contributed by atoms with Gasteiger partial charge in [-0.2, -0.15) is 0 Å². The van der Waals surface area contributed by atoms with E-state index < -0.39 is 0 Å². The molecule has 25 heavy (non-hydrogen) atoms. The molecule has 0 N–H and O–H groups in total. The third-order valence-electron chi connectivity index (χ3n) is 5.66. The first kappa shape index (κ1) is 16.3. The van der Waals surface area contributed by atoms with Crippen molar-refractivity contribution in [1.29, 1.82) is 0 Å². The van der Waals surface area contributed by atoms with Gasteiger partial charge in [0.1, 0.15) is 0 Å². The highest BCUT2D eigenvalue weighted by Crippen LogP contribution is 2.40. The van der Waals surface area contributed by atoms with E-state index in [1.54, 1.807) is 0 Å². The molecule has 2 heterocycles. The minimum Gasteiger partial charge on any atom is -0.339 e. The lowest BCUT2D eigenvalue weighted by molar-refractivity contribution is -0.134. The first-order valence-corrected chi connectivity index (χ1v) is 9.43. The fourth-order valence-electron chi connectivity index (χ4n) is 4.37. The molecule has 2 aromatic rings. The number of carbonyl (C=O) groups excluding carboxylic acids is 1. The Kier molecular flexibility index (Phi) is 4.58. The van der Waals surface area contributed by atoms with Gasteiger partial charge >= 0.3 is 0 Å². The number of nitrogens with zero attached hydrogens (tertiary/aromatic N) is 2. The normalized spacial score (nSPS) is 23.0. The maximum atomic E-state index is 12.4. The molecule has 0 aromatic heterocycles. The Morgan fingerprint density at radius 2 is 1.68 bits per heavy atom. The standard InChI is InChI=1S/C22H26N2O/c1-2-8-22(25)24-14-13-23-15-20(17-9-4-3-5-10-17)18-11-6-7-12-19(18)21(23)16-24/h3-7,9-12,20-21H,2,8,13-16H2,1H3/t20-,21-/m0/s1. The lowest BCUT2D eigenvalue weighted by Crippen LogP contribution is -2.53. The SMILES string of the molecule is CCCC(=O)N1CCN2C[C@@H](c3ccccc3)c3ccccc3[C@@H]2C1. The molecule has 3 heteroatoms. The fraction of sp³-hybridized carbons (Fsp3) is 0.409. The molecule has 1 amide bonds. The predicted octanol–water partition coefficient (Wildman–Crippen LogP) is 3.82. The summed E-state index contributed by atoms with van der Waals surface area (Å²) in [6.45, 7) is 5.78. The summed E-state index contributed by atoms with van der Waals surface area (Å²) in [5.74, 6) is 0.733. The molecule has 2 aliphatic rings. The molecule has 1 fully saturated rings. The van der Waals surface area contributed by atoms with E-state index in [4.69, 9.17) is 0 Å². The molecule has 0 radical (unpaired) electrons. The molecular formula is C22H26N2O. The Labute approximate surface area is 150 Å². The largest absolute Gasteiger partial charge is 0.339 e. The van der Waals surface area contributed by atoms with Crippen LogP contribution in [0.1, 0.15) is 48.4 Å². The van der Waals surface area contributed by atoms with E-state index >= 15 is 0 Å². The quantitative estimate of drug-likeness (QED) is 0.852. The van der Waals surface area contributed by atoms with Crippen molar-refractivity contribution in [3.63, 3.8) is 0 Å². The highest BCUT2D eigenvalue weighted by molar-refractivity contribution is 5.76. The maximum Gasteiger partial charge on any atom is 0.222 e. The molecule has 1 saturated heterocycles. The number of piperazine rings is 1. The number of carbonyl (C=O) groups is 1. The van der Waals surface area contributed by atoms with E-state index in [1.165, 1.54) is 16.7 Å². The number of fused-ring (bicyclic) bond motifs is 3. The van der Waals surface area contributed by atoms with Gasteiger partial charge in [0.2, 0.25) is 5.91 Å². The molecular weight excluding hydrogens is 308 g/mol. The summed E-state index contributed by atoms with van der Waals surface area (Å²) in [6, 6.07) is 20.0. The molecule has 0 spiro atoms. The summed E-state index contributed by atoms with van der Waals surface area (Å²) in [7, 11) is 0. The van der Waals surface area contributed by atoms with E-state index in [0.717, 1.165) is 32.6 Å². The van der Waals surface area contributed by atoms with Crippen molar-refractivity contribution in [2.45, 2.75) is 31.7 Å². The zero-order valence-electron chi connectivity index (χ0n) is 14.9. The Morgan fingerprint density at radius 3 is 2.44 bits per heavy atom. The van der Waals surface area contributed by atoms with E-state index in [-0.39, 0.29) is 0 Å². The van der Waals surface area contributed by atoms with E-state index in [0.29, 0.717) is 24.3 Å². The Balaban J connectivity index is 1.66. The average molecular weight is 334 g/mol. The highest BCUT2D eigenvalue weighted by Gasteiger charge is 2.37. The van der Waals surface area contributed by atoms with Crippen molar-refractivity contribution < 1.29 is 4.79 Å². The van der Waals surface area contributed by atoms with Gasteiger partial charge in [0.05, 0.1) is 6.04 Å². The van der Waals surface area contributed by atoms with Crippen LogP contribution in [0.5, 0.6) is 0 Å². The van der Waals surface area contributed by atoms with Crippen molar-refractivity contribution in [2.75, 3.05) is 26.2 Å². The summed E-state index contributed by atoms with van der Waals surface area (Å²) in [4.78, 5) is 17.0. The van der Waals surface area contributed by atoms with Crippen LogP contribution in [0.25, 0.3) is 0 Å². The molecule has 2 atom stereocenters. The van der Waals surface area contributed by atoms with Gasteiger partial charge in [-0.15, -0.1) is 0 Å². The van der Waals surface area contributed by atoms with Crippen LogP contribution in [0.3, 0.4) is 0 Å². The fourth-order valence-corrected chi connectivity index (χ4v) is 4.37. The number of hydrogen-bond donors (Lipinski definition) is 0. The second-order valence-electron chi connectivity index (χ2n) is 7.19. The zero-order valence-corrected chi connectivity index (χ0v) is 14.9. The summed E-state index contributed by atoms with van der Waals surface area (Å²) in [5.41, 5.74) is 4.22. The number of benzene rings is 2. The molecule has 2 aliphatic heterocycles. The first-order valence-electron chi connectivity index (χ1n) is 9.43. The Bertz CT molecular complexity index is 743. The molecule has 4 rings (SSSR count). The van der Waals surface area contributed by atoms with Gasteiger partial charge in [-0.1, -0.05) is 61.5 Å². The van der Waals surface area contributed by atoms with Gasteiger partial charge < -0.3 is 4.90 Å². The predicted molar refractivity (Wildman–Crippen MR) is 101 cm³/mol. The zero-order chi connectivity index (χ0) is 17.2. The molecule has 0 saturated carbocycles. The lowest BCUT2D eigenvalue weighted by Gasteiger charge is -2.47. The van der Waals surface area contributed by atoms with Crippen LogP contribution in [0.4, 0.5) is 0 Å². The minimum atomic E-state index is 0.310. The number of amides is 1. The number of rotatable bonds is 3. The summed E-state index contributed by atoms with van der Waals surface area (Å²) in [6.07, 6.45) is 1.59. The first-order chi connectivity index (χ1) is 12.3. The van der Waals surface area contributed by atoms with Crippen molar-refractivity contribution in [1.82, 2.24) is 9.80 Å². The monoisotopic (exact) mass is 334 g/mol. The van der Waals surface area contributed by atoms with Crippen LogP contribution >= 0.6 is 0 Å². The van der Waals surface area contributed by atoms with Crippen molar-refractivity contribution in [3.05, 3.63) is 71.3 Å². The molecule has 3 nitrogen and oxygen atoms in total. The van der Waals surface area contributed by atoms with Crippen LogP contribution in [0.2, 0.25) is 0 Å². The van der Waals surface area contributed by atoms with E-state index in [1.807, 2.05) is 0 Å². The average Bonchev–Trinajstić information content (AvgIpc) is 2.68. The Morgan fingerprint density at radius 1 is 0.960 bits per heavy atom. The van der Waals surface area contributed by atoms with Crippen LogP contribution in [-0.2, 0) is 4.79 Å². The summed E-state index contributed by atoms with van der Waals surface area (Å²) >= 11 is 0. The van der Waals surface area contributed by atoms with Gasteiger partial charge in [-0.3, -0.25) is 9.69 Å². The Hall–Kier alpha value is -2.13. The van der Waals surface area contributed by atoms with E-state index in [9.17, 15) is 4.79 Å². The third-order valence-corrected chi connectivity index (χ3v) is 5.66. The molecule has 2 aromatic carbocycles. The smallest absolute Gasteiger partial charge is 0.222 e. The van der Waals surface area contributed by atoms with Gasteiger partial charge in [0, 0.05) is 38.5 Å². The molecule has 0 bridgehead atoms. The molecule has 0 unspecified atom stereocenters. The van der Waals surface area contributed by atoms with Gasteiger partial charge in [0.15, 0.2) is 0 Å². The molecule has 130 valence electrons. The maximum absolute atomic E-state index is 12.4. The highest BCUT2D eigenvalue weighted by atomic mass is 16.2. The topological polar surface area (TPSA) is 23.6 Å². The van der Waals surface area contributed by atoms with Crippen molar-refractivity contribution in [2.24, 2.45) is 0 Å². The molecule has 0 aliphatic carbocycles. The number of hydrogen-bond acceptors (Lipinski definition) is 2. The second kappa shape index (κ2) is 7.01. The van der Waals surface area contributed by atoms with Crippen LogP contribution in [0.15, 0.2) is 54.6 Å².